The van der Waals surface area contributed by atoms with Gasteiger partial charge in [0.25, 0.3) is 0 Å². The topological polar surface area (TPSA) is 46.2 Å². The van der Waals surface area contributed by atoms with Gasteiger partial charge in [-0.25, -0.2) is 13.1 Å². The van der Waals surface area contributed by atoms with Gasteiger partial charge in [0.15, 0.2) is 0 Å². The Balaban J connectivity index is 1.90. The Kier molecular flexibility index (Phi) is 4.68. The molecule has 0 unspecified atom stereocenters. The van der Waals surface area contributed by atoms with Gasteiger partial charge in [-0.05, 0) is 71.5 Å². The summed E-state index contributed by atoms with van der Waals surface area (Å²) in [6.45, 7) is 0. The maximum Gasteiger partial charge on any atom is 0.240 e. The van der Waals surface area contributed by atoms with E-state index in [1.807, 2.05) is 6.07 Å². The van der Waals surface area contributed by atoms with Crippen molar-refractivity contribution in [2.45, 2.75) is 17.7 Å². The molecule has 0 heterocycles. The second-order valence-corrected chi connectivity index (χ2v) is 8.53. The summed E-state index contributed by atoms with van der Waals surface area (Å²) < 4.78 is 26.7. The first-order chi connectivity index (χ1) is 13.1. The van der Waals surface area contributed by atoms with E-state index in [2.05, 4.69) is 59.4 Å². The smallest absolute Gasteiger partial charge is 0.214 e. The first-order valence-corrected chi connectivity index (χ1v) is 10.5. The molecular weight excluding hydrogens is 354 g/mol. The minimum absolute atomic E-state index is 0.273. The molecule has 4 heteroatoms. The fraction of sp³-hybridized carbons (Fsp3) is 0.130. The average Bonchev–Trinajstić information content (AvgIpc) is 2.86. The maximum atomic E-state index is 12.2. The average molecular weight is 375 g/mol. The molecule has 4 rings (SSSR count). The molecule has 0 bridgehead atoms. The summed E-state index contributed by atoms with van der Waals surface area (Å²) in [5.41, 5.74) is 7.02. The van der Waals surface area contributed by atoms with E-state index in [0.717, 1.165) is 24.0 Å². The summed E-state index contributed by atoms with van der Waals surface area (Å²) in [6, 6.07) is 15.5. The molecule has 3 nitrogen and oxygen atoms in total. The Morgan fingerprint density at radius 1 is 1.04 bits per heavy atom. The number of allylic oxidation sites excluding steroid dienone is 7. The lowest BCUT2D eigenvalue weighted by Gasteiger charge is -2.17. The summed E-state index contributed by atoms with van der Waals surface area (Å²) in [7, 11) is -2.04. The zero-order valence-electron chi connectivity index (χ0n) is 15.1. The van der Waals surface area contributed by atoms with E-state index in [9.17, 15) is 8.42 Å². The molecule has 0 spiro atoms. The van der Waals surface area contributed by atoms with Gasteiger partial charge >= 0.3 is 0 Å². The molecule has 0 amide bonds. The van der Waals surface area contributed by atoms with Gasteiger partial charge in [-0.3, -0.25) is 0 Å². The molecule has 0 radical (unpaired) electrons. The summed E-state index contributed by atoms with van der Waals surface area (Å²) in [4.78, 5) is 0.273. The maximum absolute atomic E-state index is 12.2. The lowest BCUT2D eigenvalue weighted by molar-refractivity contribution is 0.588. The third kappa shape index (κ3) is 3.46. The number of nitrogens with one attached hydrogen (secondary N) is 1. The summed E-state index contributed by atoms with van der Waals surface area (Å²) >= 11 is 0. The van der Waals surface area contributed by atoms with Crippen molar-refractivity contribution in [2.24, 2.45) is 0 Å². The molecule has 2 aromatic rings. The van der Waals surface area contributed by atoms with Gasteiger partial charge in [0.05, 0.1) is 4.90 Å². The number of hydrogen-bond donors (Lipinski definition) is 1. The fourth-order valence-corrected chi connectivity index (χ4v) is 4.37. The molecule has 2 aliphatic rings. The SMILES string of the molecule is CNS(=O)(=O)c1cccc(C=C2C3=CC=CCC3=CCc3ccccc32)c1. The highest BCUT2D eigenvalue weighted by Gasteiger charge is 2.20. The van der Waals surface area contributed by atoms with E-state index in [0.29, 0.717) is 0 Å². The molecule has 27 heavy (non-hydrogen) atoms. The minimum Gasteiger partial charge on any atom is -0.214 e. The summed E-state index contributed by atoms with van der Waals surface area (Å²) in [6.07, 6.45) is 12.6. The summed E-state index contributed by atoms with van der Waals surface area (Å²) in [5.74, 6) is 0. The van der Waals surface area contributed by atoms with Crippen LogP contribution >= 0.6 is 0 Å². The highest BCUT2D eigenvalue weighted by molar-refractivity contribution is 7.89. The van der Waals surface area contributed by atoms with E-state index >= 15 is 0 Å². The van der Waals surface area contributed by atoms with Crippen LogP contribution in [0.4, 0.5) is 0 Å². The lowest BCUT2D eigenvalue weighted by atomic mass is 9.87. The number of fused-ring (bicyclic) bond motifs is 2. The Morgan fingerprint density at radius 2 is 1.89 bits per heavy atom. The number of rotatable bonds is 3. The van der Waals surface area contributed by atoms with Gasteiger partial charge < -0.3 is 0 Å². The zero-order valence-corrected chi connectivity index (χ0v) is 16.0. The number of sulfonamides is 1. The van der Waals surface area contributed by atoms with Gasteiger partial charge in [-0.15, -0.1) is 0 Å². The Labute approximate surface area is 160 Å². The van der Waals surface area contributed by atoms with Gasteiger partial charge in [0.1, 0.15) is 0 Å². The second kappa shape index (κ2) is 7.14. The van der Waals surface area contributed by atoms with Gasteiger partial charge in [0.2, 0.25) is 10.0 Å². The zero-order chi connectivity index (χ0) is 18.9. The van der Waals surface area contributed by atoms with Crippen molar-refractivity contribution in [3.05, 3.63) is 101 Å². The third-order valence-corrected chi connectivity index (χ3v) is 6.41. The van der Waals surface area contributed by atoms with Gasteiger partial charge in [-0.2, -0.15) is 0 Å². The van der Waals surface area contributed by atoms with Crippen LogP contribution in [0.3, 0.4) is 0 Å². The molecule has 0 aliphatic heterocycles. The van der Waals surface area contributed by atoms with Crippen LogP contribution in [0.2, 0.25) is 0 Å². The van der Waals surface area contributed by atoms with Gasteiger partial charge in [0, 0.05) is 0 Å². The Morgan fingerprint density at radius 3 is 2.74 bits per heavy atom. The highest BCUT2D eigenvalue weighted by atomic mass is 32.2. The van der Waals surface area contributed by atoms with Crippen LogP contribution in [-0.2, 0) is 16.4 Å². The molecular formula is C23H21NO2S. The van der Waals surface area contributed by atoms with E-state index in [4.69, 9.17) is 0 Å². The van der Waals surface area contributed by atoms with Crippen molar-refractivity contribution < 1.29 is 8.42 Å². The fourth-order valence-electron chi connectivity index (χ4n) is 3.58. The first kappa shape index (κ1) is 17.7. The standard InChI is InChI=1S/C23H21NO2S/c1-24-27(25,26)20-10-6-7-17(15-20)16-23-21-11-4-2-8-18(21)13-14-19-9-3-5-12-22(19)23/h2-8,10-12,14-16,24H,9,13H2,1H3. The highest BCUT2D eigenvalue weighted by Crippen LogP contribution is 2.38. The number of benzene rings is 2. The van der Waals surface area contributed by atoms with Crippen molar-refractivity contribution in [1.82, 2.24) is 4.72 Å². The second-order valence-electron chi connectivity index (χ2n) is 6.64. The van der Waals surface area contributed by atoms with Crippen LogP contribution in [-0.4, -0.2) is 15.5 Å². The lowest BCUT2D eigenvalue weighted by Crippen LogP contribution is -2.18. The Hall–Kier alpha value is -2.69. The van der Waals surface area contributed by atoms with Crippen LogP contribution < -0.4 is 4.72 Å². The van der Waals surface area contributed by atoms with Gasteiger partial charge in [-0.1, -0.05) is 60.7 Å². The van der Waals surface area contributed by atoms with Crippen LogP contribution in [0, 0.1) is 0 Å². The van der Waals surface area contributed by atoms with Crippen molar-refractivity contribution in [1.29, 1.82) is 0 Å². The van der Waals surface area contributed by atoms with E-state index in [-0.39, 0.29) is 4.90 Å². The normalized spacial score (nSPS) is 17.6. The molecule has 1 N–H and O–H groups in total. The predicted molar refractivity (Wildman–Crippen MR) is 111 cm³/mol. The van der Waals surface area contributed by atoms with Crippen molar-refractivity contribution in [3.8, 4) is 0 Å². The van der Waals surface area contributed by atoms with Crippen LogP contribution in [0.15, 0.2) is 88.9 Å². The largest absolute Gasteiger partial charge is 0.240 e. The van der Waals surface area contributed by atoms with Crippen LogP contribution in [0.5, 0.6) is 0 Å². The van der Waals surface area contributed by atoms with Crippen molar-refractivity contribution >= 4 is 21.7 Å². The third-order valence-electron chi connectivity index (χ3n) is 5.00. The molecule has 2 aliphatic carbocycles. The molecule has 0 atom stereocenters. The quantitative estimate of drug-likeness (QED) is 0.858. The van der Waals surface area contributed by atoms with Crippen LogP contribution in [0.25, 0.3) is 11.6 Å². The molecule has 0 saturated carbocycles. The van der Waals surface area contributed by atoms with Crippen molar-refractivity contribution in [2.75, 3.05) is 7.05 Å². The predicted octanol–water partition coefficient (Wildman–Crippen LogP) is 4.50. The molecule has 0 aromatic heterocycles. The first-order valence-electron chi connectivity index (χ1n) is 8.99. The number of hydrogen-bond acceptors (Lipinski definition) is 2. The van der Waals surface area contributed by atoms with E-state index in [1.165, 1.54) is 29.3 Å². The molecule has 2 aromatic carbocycles. The van der Waals surface area contributed by atoms with Crippen LogP contribution in [0.1, 0.15) is 23.1 Å². The molecule has 0 saturated heterocycles. The minimum atomic E-state index is -3.47. The Bertz CT molecular complexity index is 1120. The van der Waals surface area contributed by atoms with E-state index in [1.54, 1.807) is 18.2 Å². The van der Waals surface area contributed by atoms with Crippen molar-refractivity contribution in [3.63, 3.8) is 0 Å². The summed E-state index contributed by atoms with van der Waals surface area (Å²) in [5, 5.41) is 0. The molecule has 136 valence electrons. The molecule has 0 fully saturated rings. The monoisotopic (exact) mass is 375 g/mol. The van der Waals surface area contributed by atoms with E-state index < -0.39 is 10.0 Å².